The highest BCUT2D eigenvalue weighted by molar-refractivity contribution is 7.90. The Morgan fingerprint density at radius 2 is 2.14 bits per heavy atom. The van der Waals surface area contributed by atoms with Gasteiger partial charge in [-0.1, -0.05) is 6.07 Å². The molecule has 0 bridgehead atoms. The van der Waals surface area contributed by atoms with Crippen LogP contribution in [0.3, 0.4) is 0 Å². The van der Waals surface area contributed by atoms with E-state index in [-0.39, 0.29) is 10.9 Å². The first-order valence-electron chi connectivity index (χ1n) is 6.75. The molecule has 0 amide bonds. The molecule has 21 heavy (non-hydrogen) atoms. The van der Waals surface area contributed by atoms with Gasteiger partial charge in [-0.15, -0.1) is 0 Å². The van der Waals surface area contributed by atoms with Crippen LogP contribution in [0.5, 0.6) is 0 Å². The number of nitrogens with two attached hydrogens (primary N) is 1. The summed E-state index contributed by atoms with van der Waals surface area (Å²) in [4.78, 5) is 4.41. The Bertz CT molecular complexity index is 787. The maximum Gasteiger partial charge on any atom is 0.179 e. The number of fused-ring (bicyclic) bond motifs is 1. The fraction of sp³-hybridized carbons (Fsp3) is 0.267. The number of hydrogen-bond donors (Lipinski definition) is 2. The molecule has 1 atom stereocenters. The topological polar surface area (TPSA) is 85.1 Å². The molecule has 1 heterocycles. The third-order valence-electron chi connectivity index (χ3n) is 3.73. The molecular weight excluding hydrogens is 286 g/mol. The molecule has 0 radical (unpaired) electrons. The third-order valence-corrected chi connectivity index (χ3v) is 4.85. The number of nitrogens with zero attached hydrogens (tertiary/aromatic N) is 1. The van der Waals surface area contributed by atoms with Gasteiger partial charge in [0.05, 0.1) is 6.04 Å². The second kappa shape index (κ2) is 5.04. The van der Waals surface area contributed by atoms with Gasteiger partial charge in [-0.3, -0.25) is 0 Å². The van der Waals surface area contributed by atoms with Crippen molar-refractivity contribution in [3.8, 4) is 0 Å². The molecule has 6 heteroatoms. The lowest BCUT2D eigenvalue weighted by atomic mass is 10.1. The minimum atomic E-state index is -3.30. The van der Waals surface area contributed by atoms with Crippen LogP contribution in [0, 0.1) is 0 Å². The largest absolute Gasteiger partial charge is 0.399 e. The first kappa shape index (κ1) is 13.9. The number of aromatic nitrogens is 1. The lowest BCUT2D eigenvalue weighted by Crippen LogP contribution is -2.12. The van der Waals surface area contributed by atoms with Gasteiger partial charge in [-0.05, 0) is 48.2 Å². The molecular formula is C15H17N3O2S. The number of aryl methyl sites for hydroxylation is 1. The molecule has 3 N–H and O–H groups in total. The number of hydrogen-bond acceptors (Lipinski definition) is 5. The van der Waals surface area contributed by atoms with Crippen molar-refractivity contribution in [1.82, 2.24) is 4.98 Å². The van der Waals surface area contributed by atoms with Crippen LogP contribution in [0.2, 0.25) is 0 Å². The molecule has 1 unspecified atom stereocenters. The zero-order valence-corrected chi connectivity index (χ0v) is 12.5. The number of rotatable bonds is 3. The van der Waals surface area contributed by atoms with Gasteiger partial charge in [0.1, 0.15) is 10.7 Å². The van der Waals surface area contributed by atoms with Gasteiger partial charge >= 0.3 is 0 Å². The fourth-order valence-corrected chi connectivity index (χ4v) is 3.54. The second-order valence-corrected chi connectivity index (χ2v) is 7.30. The Morgan fingerprint density at radius 1 is 1.33 bits per heavy atom. The molecule has 1 aromatic heterocycles. The summed E-state index contributed by atoms with van der Waals surface area (Å²) in [7, 11) is -3.30. The molecule has 5 nitrogen and oxygen atoms in total. The van der Waals surface area contributed by atoms with E-state index in [1.165, 1.54) is 11.8 Å². The smallest absolute Gasteiger partial charge is 0.179 e. The monoisotopic (exact) mass is 303 g/mol. The van der Waals surface area contributed by atoms with E-state index in [2.05, 4.69) is 10.3 Å². The van der Waals surface area contributed by atoms with Crippen molar-refractivity contribution < 1.29 is 8.42 Å². The molecule has 110 valence electrons. The highest BCUT2D eigenvalue weighted by atomic mass is 32.2. The predicted molar refractivity (Wildman–Crippen MR) is 82.9 cm³/mol. The van der Waals surface area contributed by atoms with Crippen molar-refractivity contribution >= 4 is 21.3 Å². The van der Waals surface area contributed by atoms with Gasteiger partial charge in [0.2, 0.25) is 0 Å². The summed E-state index contributed by atoms with van der Waals surface area (Å²) in [5.74, 6) is 0.412. The van der Waals surface area contributed by atoms with Gasteiger partial charge in [-0.2, -0.15) is 0 Å². The number of sulfone groups is 1. The molecule has 1 aliphatic rings. The van der Waals surface area contributed by atoms with Gasteiger partial charge in [-0.25, -0.2) is 13.4 Å². The molecule has 0 spiro atoms. The molecule has 0 aliphatic heterocycles. The van der Waals surface area contributed by atoms with E-state index < -0.39 is 9.84 Å². The molecule has 2 aromatic rings. The molecule has 3 rings (SSSR count). The first-order valence-corrected chi connectivity index (χ1v) is 8.64. The predicted octanol–water partition coefficient (Wildman–Crippen LogP) is 2.17. The molecule has 0 saturated heterocycles. The van der Waals surface area contributed by atoms with Crippen LogP contribution in [0.15, 0.2) is 41.4 Å². The van der Waals surface area contributed by atoms with Crippen LogP contribution in [0.1, 0.15) is 23.6 Å². The van der Waals surface area contributed by atoms with Crippen molar-refractivity contribution in [1.29, 1.82) is 0 Å². The highest BCUT2D eigenvalue weighted by Gasteiger charge is 2.24. The fourth-order valence-electron chi connectivity index (χ4n) is 2.75. The Morgan fingerprint density at radius 3 is 2.90 bits per heavy atom. The van der Waals surface area contributed by atoms with Crippen molar-refractivity contribution in [2.24, 2.45) is 0 Å². The Hall–Kier alpha value is -2.08. The molecule has 1 aromatic carbocycles. The maximum absolute atomic E-state index is 11.8. The van der Waals surface area contributed by atoms with Crippen molar-refractivity contribution in [2.45, 2.75) is 23.8 Å². The number of nitrogen functional groups attached to an aromatic ring is 1. The van der Waals surface area contributed by atoms with Crippen molar-refractivity contribution in [3.63, 3.8) is 0 Å². The highest BCUT2D eigenvalue weighted by Crippen LogP contribution is 2.35. The quantitative estimate of drug-likeness (QED) is 0.849. The summed E-state index contributed by atoms with van der Waals surface area (Å²) >= 11 is 0. The average molecular weight is 303 g/mol. The van der Waals surface area contributed by atoms with Crippen LogP contribution in [-0.2, 0) is 16.3 Å². The second-order valence-electron chi connectivity index (χ2n) is 5.32. The molecule has 1 aliphatic carbocycles. The Balaban J connectivity index is 1.94. The van der Waals surface area contributed by atoms with Crippen LogP contribution < -0.4 is 11.1 Å². The van der Waals surface area contributed by atoms with Crippen molar-refractivity contribution in [3.05, 3.63) is 47.7 Å². The summed E-state index contributed by atoms with van der Waals surface area (Å²) in [6.45, 7) is 0. The normalized spacial score (nSPS) is 17.5. The minimum absolute atomic E-state index is 0.0657. The lowest BCUT2D eigenvalue weighted by Gasteiger charge is -2.16. The Kier molecular flexibility index (Phi) is 3.33. The van der Waals surface area contributed by atoms with Crippen molar-refractivity contribution in [2.75, 3.05) is 17.3 Å². The molecule has 0 fully saturated rings. The van der Waals surface area contributed by atoms with Gasteiger partial charge in [0, 0.05) is 18.1 Å². The summed E-state index contributed by atoms with van der Waals surface area (Å²) < 4.78 is 23.6. The Labute approximate surface area is 124 Å². The summed E-state index contributed by atoms with van der Waals surface area (Å²) in [5.41, 5.74) is 8.93. The van der Waals surface area contributed by atoms with E-state index in [9.17, 15) is 8.42 Å². The van der Waals surface area contributed by atoms with E-state index in [1.807, 2.05) is 18.2 Å². The van der Waals surface area contributed by atoms with E-state index in [1.54, 1.807) is 18.3 Å². The first-order chi connectivity index (χ1) is 9.95. The SMILES string of the molecule is CS(=O)(=O)c1cccnc1NC1CCc2cc(N)ccc21. The number of pyridine rings is 1. The number of benzene rings is 1. The van der Waals surface area contributed by atoms with E-state index in [0.717, 1.165) is 24.1 Å². The number of nitrogens with one attached hydrogen (secondary N) is 1. The van der Waals surface area contributed by atoms with Crippen LogP contribution in [0.4, 0.5) is 11.5 Å². The summed E-state index contributed by atoms with van der Waals surface area (Å²) in [5, 5.41) is 3.26. The lowest BCUT2D eigenvalue weighted by molar-refractivity contribution is 0.601. The van der Waals surface area contributed by atoms with E-state index >= 15 is 0 Å². The zero-order valence-electron chi connectivity index (χ0n) is 11.7. The maximum atomic E-state index is 11.8. The van der Waals surface area contributed by atoms with Gasteiger partial charge in [0.25, 0.3) is 0 Å². The summed E-state index contributed by atoms with van der Waals surface area (Å²) in [6.07, 6.45) is 4.62. The van der Waals surface area contributed by atoms with E-state index in [4.69, 9.17) is 5.73 Å². The van der Waals surface area contributed by atoms with E-state index in [0.29, 0.717) is 5.82 Å². The van der Waals surface area contributed by atoms with Gasteiger partial charge in [0.15, 0.2) is 9.84 Å². The minimum Gasteiger partial charge on any atom is -0.399 e. The number of anilines is 2. The van der Waals surface area contributed by atoms with Crippen LogP contribution in [-0.4, -0.2) is 19.7 Å². The standard InChI is InChI=1S/C15H17N3O2S/c1-21(19,20)14-3-2-8-17-15(14)18-13-7-4-10-9-11(16)5-6-12(10)13/h2-3,5-6,8-9,13H,4,7,16H2,1H3,(H,17,18). The summed E-state index contributed by atoms with van der Waals surface area (Å²) in [6, 6.07) is 9.12. The van der Waals surface area contributed by atoms with Crippen LogP contribution >= 0.6 is 0 Å². The van der Waals surface area contributed by atoms with Gasteiger partial charge < -0.3 is 11.1 Å². The zero-order chi connectivity index (χ0) is 15.0. The third kappa shape index (κ3) is 2.71. The average Bonchev–Trinajstić information content (AvgIpc) is 2.80. The van der Waals surface area contributed by atoms with Crippen LogP contribution in [0.25, 0.3) is 0 Å². The molecule has 0 saturated carbocycles.